The topological polar surface area (TPSA) is 29.9 Å². The molecule has 3 nitrogen and oxygen atoms in total. The van der Waals surface area contributed by atoms with Gasteiger partial charge in [0.05, 0.1) is 18.4 Å². The predicted octanol–water partition coefficient (Wildman–Crippen LogP) is 4.06. The first kappa shape index (κ1) is 13.4. The number of aryl methyl sites for hydroxylation is 2. The second-order valence-electron chi connectivity index (χ2n) is 4.35. The molecule has 1 aromatic heterocycles. The Morgan fingerprint density at radius 1 is 1.39 bits per heavy atom. The highest BCUT2D eigenvalue weighted by Gasteiger charge is 2.07. The molecule has 18 heavy (non-hydrogen) atoms. The van der Waals surface area contributed by atoms with Crippen molar-refractivity contribution in [3.05, 3.63) is 44.9 Å². The second-order valence-corrected chi connectivity index (χ2v) is 5.59. The molecule has 0 fully saturated rings. The van der Waals surface area contributed by atoms with Gasteiger partial charge in [0, 0.05) is 11.5 Å². The number of halogens is 2. The SMILES string of the molecule is Cc1cc(C)c(NCc2ncc(Cl)n2C)c(Br)c1. The van der Waals surface area contributed by atoms with E-state index in [9.17, 15) is 0 Å². The molecule has 2 rings (SSSR count). The summed E-state index contributed by atoms with van der Waals surface area (Å²) >= 11 is 9.54. The molecule has 0 aliphatic carbocycles. The maximum Gasteiger partial charge on any atom is 0.128 e. The van der Waals surface area contributed by atoms with Crippen molar-refractivity contribution in [2.24, 2.45) is 7.05 Å². The van der Waals surface area contributed by atoms with E-state index < -0.39 is 0 Å². The molecule has 0 amide bonds. The minimum Gasteiger partial charge on any atom is -0.377 e. The van der Waals surface area contributed by atoms with Crippen LogP contribution in [0.15, 0.2) is 22.8 Å². The standard InChI is InChI=1S/C13H15BrClN3/c1-8-4-9(2)13(10(14)5-8)17-7-12-16-6-11(15)18(12)3/h4-6,17H,7H2,1-3H3. The summed E-state index contributed by atoms with van der Waals surface area (Å²) in [5, 5.41) is 4.03. The molecule has 0 unspecified atom stereocenters. The van der Waals surface area contributed by atoms with Crippen molar-refractivity contribution in [2.45, 2.75) is 20.4 Å². The Hall–Kier alpha value is -1.00. The van der Waals surface area contributed by atoms with Crippen molar-refractivity contribution < 1.29 is 0 Å². The Morgan fingerprint density at radius 2 is 2.11 bits per heavy atom. The Morgan fingerprint density at radius 3 is 2.67 bits per heavy atom. The Balaban J connectivity index is 2.18. The van der Waals surface area contributed by atoms with Crippen molar-refractivity contribution in [1.29, 1.82) is 0 Å². The highest BCUT2D eigenvalue weighted by molar-refractivity contribution is 9.10. The van der Waals surface area contributed by atoms with Crippen molar-refractivity contribution in [2.75, 3.05) is 5.32 Å². The number of aromatic nitrogens is 2. The van der Waals surface area contributed by atoms with Crippen LogP contribution in [0.1, 0.15) is 17.0 Å². The van der Waals surface area contributed by atoms with E-state index in [1.165, 1.54) is 11.1 Å². The van der Waals surface area contributed by atoms with Crippen LogP contribution in [-0.2, 0) is 13.6 Å². The largest absolute Gasteiger partial charge is 0.377 e. The molecule has 0 saturated heterocycles. The van der Waals surface area contributed by atoms with E-state index in [0.29, 0.717) is 11.7 Å². The van der Waals surface area contributed by atoms with E-state index >= 15 is 0 Å². The summed E-state index contributed by atoms with van der Waals surface area (Å²) in [5.41, 5.74) is 3.55. The molecule has 96 valence electrons. The van der Waals surface area contributed by atoms with Gasteiger partial charge in [0.15, 0.2) is 0 Å². The highest BCUT2D eigenvalue weighted by atomic mass is 79.9. The zero-order chi connectivity index (χ0) is 13.3. The van der Waals surface area contributed by atoms with Gasteiger partial charge in [-0.2, -0.15) is 0 Å². The number of hydrogen-bond donors (Lipinski definition) is 1. The molecule has 1 aromatic carbocycles. The number of imidazole rings is 1. The first-order valence-electron chi connectivity index (χ1n) is 5.65. The predicted molar refractivity (Wildman–Crippen MR) is 79.2 cm³/mol. The van der Waals surface area contributed by atoms with Crippen LogP contribution in [0.5, 0.6) is 0 Å². The van der Waals surface area contributed by atoms with Gasteiger partial charge in [0.25, 0.3) is 0 Å². The van der Waals surface area contributed by atoms with Gasteiger partial charge < -0.3 is 9.88 Å². The average molecular weight is 329 g/mol. The molecule has 1 N–H and O–H groups in total. The zero-order valence-electron chi connectivity index (χ0n) is 10.6. The summed E-state index contributed by atoms with van der Waals surface area (Å²) in [6, 6.07) is 4.25. The fourth-order valence-corrected chi connectivity index (χ4v) is 2.86. The van der Waals surface area contributed by atoms with Crippen molar-refractivity contribution in [3.63, 3.8) is 0 Å². The number of rotatable bonds is 3. The lowest BCUT2D eigenvalue weighted by Crippen LogP contribution is -2.07. The molecule has 0 aliphatic rings. The number of anilines is 1. The molecular weight excluding hydrogens is 314 g/mol. The summed E-state index contributed by atoms with van der Waals surface area (Å²) < 4.78 is 2.94. The Kier molecular flexibility index (Phi) is 3.97. The maximum atomic E-state index is 5.96. The molecular formula is C13H15BrClN3. The minimum absolute atomic E-state index is 0.645. The smallest absolute Gasteiger partial charge is 0.128 e. The van der Waals surface area contributed by atoms with Crippen molar-refractivity contribution >= 4 is 33.2 Å². The van der Waals surface area contributed by atoms with E-state index in [0.717, 1.165) is 16.0 Å². The molecule has 5 heteroatoms. The number of nitrogens with one attached hydrogen (secondary N) is 1. The van der Waals surface area contributed by atoms with Gasteiger partial charge in [-0.3, -0.25) is 0 Å². The third kappa shape index (κ3) is 2.70. The molecule has 0 saturated carbocycles. The number of nitrogens with zero attached hydrogens (tertiary/aromatic N) is 2. The van der Waals surface area contributed by atoms with Gasteiger partial charge in [-0.05, 0) is 47.0 Å². The van der Waals surface area contributed by atoms with Gasteiger partial charge >= 0.3 is 0 Å². The molecule has 0 bridgehead atoms. The Bertz CT molecular complexity index is 555. The monoisotopic (exact) mass is 327 g/mol. The third-order valence-electron chi connectivity index (χ3n) is 2.88. The first-order valence-corrected chi connectivity index (χ1v) is 6.83. The zero-order valence-corrected chi connectivity index (χ0v) is 12.9. The van der Waals surface area contributed by atoms with Crippen LogP contribution in [0.2, 0.25) is 5.15 Å². The van der Waals surface area contributed by atoms with Crippen LogP contribution in [-0.4, -0.2) is 9.55 Å². The van der Waals surface area contributed by atoms with Crippen molar-refractivity contribution in [1.82, 2.24) is 9.55 Å². The quantitative estimate of drug-likeness (QED) is 0.920. The van der Waals surface area contributed by atoms with Gasteiger partial charge in [-0.1, -0.05) is 17.7 Å². The van der Waals surface area contributed by atoms with Gasteiger partial charge in [0.2, 0.25) is 0 Å². The molecule has 1 heterocycles. The summed E-state index contributed by atoms with van der Waals surface area (Å²) in [6.07, 6.45) is 1.66. The average Bonchev–Trinajstić information content (AvgIpc) is 2.59. The summed E-state index contributed by atoms with van der Waals surface area (Å²) in [7, 11) is 1.91. The van der Waals surface area contributed by atoms with Crippen LogP contribution in [0.25, 0.3) is 0 Å². The molecule has 0 spiro atoms. The third-order valence-corrected chi connectivity index (χ3v) is 3.86. The minimum atomic E-state index is 0.645. The van der Waals surface area contributed by atoms with Crippen LogP contribution >= 0.6 is 27.5 Å². The maximum absolute atomic E-state index is 5.96. The van der Waals surface area contributed by atoms with Crippen molar-refractivity contribution in [3.8, 4) is 0 Å². The first-order chi connectivity index (χ1) is 8.49. The molecule has 0 atom stereocenters. The summed E-state index contributed by atoms with van der Waals surface area (Å²) in [4.78, 5) is 4.26. The summed E-state index contributed by atoms with van der Waals surface area (Å²) in [6.45, 7) is 4.82. The molecule has 0 radical (unpaired) electrons. The number of hydrogen-bond acceptors (Lipinski definition) is 2. The van der Waals surface area contributed by atoms with E-state index in [-0.39, 0.29) is 0 Å². The lowest BCUT2D eigenvalue weighted by atomic mass is 10.1. The van der Waals surface area contributed by atoms with Gasteiger partial charge in [-0.15, -0.1) is 0 Å². The summed E-state index contributed by atoms with van der Waals surface area (Å²) in [5.74, 6) is 0.909. The second kappa shape index (κ2) is 5.33. The van der Waals surface area contributed by atoms with Crippen LogP contribution in [0.4, 0.5) is 5.69 Å². The lowest BCUT2D eigenvalue weighted by Gasteiger charge is -2.12. The highest BCUT2D eigenvalue weighted by Crippen LogP contribution is 2.28. The van der Waals surface area contributed by atoms with Gasteiger partial charge in [0.1, 0.15) is 11.0 Å². The normalized spacial score (nSPS) is 10.7. The fourth-order valence-electron chi connectivity index (χ4n) is 1.90. The lowest BCUT2D eigenvalue weighted by molar-refractivity contribution is 0.813. The Labute approximate surface area is 120 Å². The molecule has 2 aromatic rings. The van der Waals surface area contributed by atoms with E-state index in [4.69, 9.17) is 11.6 Å². The van der Waals surface area contributed by atoms with Gasteiger partial charge in [-0.25, -0.2) is 4.98 Å². The van der Waals surface area contributed by atoms with E-state index in [2.05, 4.69) is 52.2 Å². The fraction of sp³-hybridized carbons (Fsp3) is 0.308. The number of benzene rings is 1. The van der Waals surface area contributed by atoms with Crippen LogP contribution in [0.3, 0.4) is 0 Å². The molecule has 0 aliphatic heterocycles. The van der Waals surface area contributed by atoms with E-state index in [1.807, 2.05) is 11.6 Å². The van der Waals surface area contributed by atoms with E-state index in [1.54, 1.807) is 6.20 Å². The van der Waals surface area contributed by atoms with Crippen LogP contribution < -0.4 is 5.32 Å². The van der Waals surface area contributed by atoms with Crippen LogP contribution in [0, 0.1) is 13.8 Å².